The lowest BCUT2D eigenvalue weighted by atomic mass is 9.95. The second-order valence-electron chi connectivity index (χ2n) is 7.83. The number of aromatic amines is 1. The number of carbonyl (C=O) groups is 1. The van der Waals surface area contributed by atoms with Crippen LogP contribution in [0.15, 0.2) is 30.3 Å². The molecule has 1 aromatic heterocycles. The van der Waals surface area contributed by atoms with Crippen molar-refractivity contribution in [1.29, 1.82) is 0 Å². The third-order valence-corrected chi connectivity index (χ3v) is 6.12. The summed E-state index contributed by atoms with van der Waals surface area (Å²) in [5.41, 5.74) is 4.64. The van der Waals surface area contributed by atoms with Crippen molar-refractivity contribution < 1.29 is 9.53 Å². The molecular formula is C22H30N4O2. The Hall–Kier alpha value is -2.18. The number of nitrogens with one attached hydrogen (secondary N) is 1. The Bertz CT molecular complexity index is 781. The number of aromatic nitrogens is 2. The van der Waals surface area contributed by atoms with Crippen molar-refractivity contribution >= 4 is 5.91 Å². The summed E-state index contributed by atoms with van der Waals surface area (Å²) in [7, 11) is 1.74. The van der Waals surface area contributed by atoms with Gasteiger partial charge in [-0.15, -0.1) is 0 Å². The number of benzene rings is 1. The van der Waals surface area contributed by atoms with Crippen molar-refractivity contribution in [2.45, 2.75) is 25.7 Å². The highest BCUT2D eigenvalue weighted by molar-refractivity contribution is 5.79. The van der Waals surface area contributed by atoms with Crippen LogP contribution in [-0.4, -0.2) is 72.3 Å². The number of likely N-dealkylation sites (tertiary alicyclic amines) is 1. The molecule has 6 heteroatoms. The van der Waals surface area contributed by atoms with Gasteiger partial charge in [0.15, 0.2) is 0 Å². The number of ether oxygens (including phenoxy) is 1. The number of amides is 1. The van der Waals surface area contributed by atoms with E-state index in [9.17, 15) is 4.79 Å². The molecule has 2 aliphatic rings. The minimum atomic E-state index is 0.168. The van der Waals surface area contributed by atoms with Gasteiger partial charge in [-0.1, -0.05) is 30.3 Å². The molecule has 1 saturated heterocycles. The molecule has 1 N–H and O–H groups in total. The molecule has 1 aromatic carbocycles. The molecule has 2 aliphatic heterocycles. The van der Waals surface area contributed by atoms with Crippen LogP contribution in [0, 0.1) is 5.92 Å². The molecule has 0 atom stereocenters. The molecule has 28 heavy (non-hydrogen) atoms. The minimum absolute atomic E-state index is 0.168. The van der Waals surface area contributed by atoms with Crippen LogP contribution in [0.1, 0.15) is 24.1 Å². The molecule has 0 unspecified atom stereocenters. The number of piperidine rings is 1. The average Bonchev–Trinajstić information content (AvgIpc) is 3.04. The Morgan fingerprint density at radius 1 is 1.14 bits per heavy atom. The molecule has 4 rings (SSSR count). The molecule has 0 radical (unpaired) electrons. The van der Waals surface area contributed by atoms with E-state index in [0.717, 1.165) is 76.3 Å². The van der Waals surface area contributed by atoms with Crippen molar-refractivity contribution in [2.75, 3.05) is 46.4 Å². The first-order valence-electron chi connectivity index (χ1n) is 10.4. The van der Waals surface area contributed by atoms with Gasteiger partial charge in [0.1, 0.15) is 0 Å². The van der Waals surface area contributed by atoms with Crippen molar-refractivity contribution in [3.8, 4) is 11.3 Å². The van der Waals surface area contributed by atoms with Crippen LogP contribution >= 0.6 is 0 Å². The van der Waals surface area contributed by atoms with E-state index in [0.29, 0.717) is 5.91 Å². The number of nitrogens with zero attached hydrogens (tertiary/aromatic N) is 3. The molecule has 0 aliphatic carbocycles. The lowest BCUT2D eigenvalue weighted by Gasteiger charge is -2.33. The normalized spacial score (nSPS) is 18.7. The summed E-state index contributed by atoms with van der Waals surface area (Å²) in [4.78, 5) is 17.6. The first-order valence-corrected chi connectivity index (χ1v) is 10.4. The van der Waals surface area contributed by atoms with Crippen molar-refractivity contribution in [3.05, 3.63) is 41.6 Å². The Labute approximate surface area is 166 Å². The molecule has 0 bridgehead atoms. The van der Waals surface area contributed by atoms with E-state index < -0.39 is 0 Å². The standard InChI is InChI=1S/C22H30N4O2/c1-28-16-15-25-11-7-18(8-12-25)22(27)26-13-9-19-20(10-14-26)23-24-21(19)17-5-3-2-4-6-17/h2-6,18H,7-16H2,1H3,(H,23,24). The monoisotopic (exact) mass is 382 g/mol. The molecule has 2 aromatic rings. The van der Waals surface area contributed by atoms with E-state index in [4.69, 9.17) is 4.74 Å². The molecule has 1 fully saturated rings. The zero-order valence-corrected chi connectivity index (χ0v) is 16.7. The molecular weight excluding hydrogens is 352 g/mol. The quantitative estimate of drug-likeness (QED) is 0.862. The summed E-state index contributed by atoms with van der Waals surface area (Å²) in [6, 6.07) is 10.3. The van der Waals surface area contributed by atoms with Crippen LogP contribution < -0.4 is 0 Å². The van der Waals surface area contributed by atoms with E-state index in [1.165, 1.54) is 11.3 Å². The van der Waals surface area contributed by atoms with Gasteiger partial charge < -0.3 is 14.5 Å². The molecule has 150 valence electrons. The first-order chi connectivity index (χ1) is 13.8. The van der Waals surface area contributed by atoms with E-state index >= 15 is 0 Å². The number of fused-ring (bicyclic) bond motifs is 1. The molecule has 6 nitrogen and oxygen atoms in total. The molecule has 3 heterocycles. The number of hydrogen-bond donors (Lipinski definition) is 1. The summed E-state index contributed by atoms with van der Waals surface area (Å²) < 4.78 is 5.17. The SMILES string of the molecule is COCCN1CCC(C(=O)N2CCc3[nH]nc(-c4ccccc4)c3CC2)CC1. The molecule has 0 spiro atoms. The summed E-state index contributed by atoms with van der Waals surface area (Å²) in [5, 5.41) is 7.78. The Kier molecular flexibility index (Phi) is 6.07. The fourth-order valence-corrected chi connectivity index (χ4v) is 4.42. The van der Waals surface area contributed by atoms with E-state index in [2.05, 4.69) is 32.1 Å². The Morgan fingerprint density at radius 2 is 1.89 bits per heavy atom. The highest BCUT2D eigenvalue weighted by atomic mass is 16.5. The van der Waals surface area contributed by atoms with Gasteiger partial charge in [-0.05, 0) is 32.4 Å². The molecule has 0 saturated carbocycles. The number of hydrogen-bond acceptors (Lipinski definition) is 4. The zero-order valence-electron chi connectivity index (χ0n) is 16.7. The second kappa shape index (κ2) is 8.88. The Balaban J connectivity index is 1.37. The summed E-state index contributed by atoms with van der Waals surface area (Å²) >= 11 is 0. The third-order valence-electron chi connectivity index (χ3n) is 6.12. The van der Waals surface area contributed by atoms with Crippen LogP contribution in [0.4, 0.5) is 0 Å². The predicted molar refractivity (Wildman–Crippen MR) is 109 cm³/mol. The van der Waals surface area contributed by atoms with E-state index in [1.807, 2.05) is 18.2 Å². The minimum Gasteiger partial charge on any atom is -0.383 e. The average molecular weight is 383 g/mol. The predicted octanol–water partition coefficient (Wildman–Crippen LogP) is 2.36. The summed E-state index contributed by atoms with van der Waals surface area (Å²) in [6.07, 6.45) is 3.64. The van der Waals surface area contributed by atoms with E-state index in [1.54, 1.807) is 7.11 Å². The topological polar surface area (TPSA) is 61.5 Å². The van der Waals surface area contributed by atoms with Gasteiger partial charge in [-0.2, -0.15) is 5.10 Å². The zero-order chi connectivity index (χ0) is 19.3. The van der Waals surface area contributed by atoms with Crippen LogP contribution in [0.2, 0.25) is 0 Å². The van der Waals surface area contributed by atoms with Crippen LogP contribution in [0.3, 0.4) is 0 Å². The lowest BCUT2D eigenvalue weighted by Crippen LogP contribution is -2.44. The van der Waals surface area contributed by atoms with Gasteiger partial charge in [-0.3, -0.25) is 9.89 Å². The largest absolute Gasteiger partial charge is 0.383 e. The highest BCUT2D eigenvalue weighted by Gasteiger charge is 2.30. The fraction of sp³-hybridized carbons (Fsp3) is 0.545. The van der Waals surface area contributed by atoms with Crippen LogP contribution in [0.25, 0.3) is 11.3 Å². The van der Waals surface area contributed by atoms with Gasteiger partial charge >= 0.3 is 0 Å². The molecule has 1 amide bonds. The first kappa shape index (κ1) is 19.2. The third kappa shape index (κ3) is 4.13. The van der Waals surface area contributed by atoms with Crippen LogP contribution in [-0.2, 0) is 22.4 Å². The van der Waals surface area contributed by atoms with Crippen molar-refractivity contribution in [3.63, 3.8) is 0 Å². The van der Waals surface area contributed by atoms with Crippen molar-refractivity contribution in [2.24, 2.45) is 5.92 Å². The van der Waals surface area contributed by atoms with Crippen molar-refractivity contribution in [1.82, 2.24) is 20.0 Å². The lowest BCUT2D eigenvalue weighted by molar-refractivity contribution is -0.137. The number of H-pyrrole nitrogens is 1. The second-order valence-corrected chi connectivity index (χ2v) is 7.83. The van der Waals surface area contributed by atoms with Crippen LogP contribution in [0.5, 0.6) is 0 Å². The van der Waals surface area contributed by atoms with Gasteiger partial charge in [-0.25, -0.2) is 0 Å². The fourth-order valence-electron chi connectivity index (χ4n) is 4.42. The maximum Gasteiger partial charge on any atom is 0.225 e. The summed E-state index contributed by atoms with van der Waals surface area (Å²) in [5.74, 6) is 0.507. The number of methoxy groups -OCH3 is 1. The number of carbonyl (C=O) groups excluding carboxylic acids is 1. The van der Waals surface area contributed by atoms with Gasteiger partial charge in [0.2, 0.25) is 5.91 Å². The maximum atomic E-state index is 13.1. The maximum absolute atomic E-state index is 13.1. The number of rotatable bonds is 5. The van der Waals surface area contributed by atoms with Gasteiger partial charge in [0, 0.05) is 55.9 Å². The Morgan fingerprint density at radius 3 is 2.64 bits per heavy atom. The van der Waals surface area contributed by atoms with Gasteiger partial charge in [0.05, 0.1) is 12.3 Å². The summed E-state index contributed by atoms with van der Waals surface area (Å²) in [6.45, 7) is 5.29. The highest BCUT2D eigenvalue weighted by Crippen LogP contribution is 2.27. The van der Waals surface area contributed by atoms with E-state index in [-0.39, 0.29) is 5.92 Å². The van der Waals surface area contributed by atoms with Gasteiger partial charge in [0.25, 0.3) is 0 Å². The smallest absolute Gasteiger partial charge is 0.225 e.